The minimum atomic E-state index is -0.513. The molecule has 1 saturated heterocycles. The van der Waals surface area contributed by atoms with Crippen molar-refractivity contribution in [1.82, 2.24) is 5.32 Å². The zero-order valence-corrected chi connectivity index (χ0v) is 11.5. The molecule has 0 saturated carbocycles. The number of nitro groups is 1. The smallest absolute Gasteiger partial charge is 0.313 e. The van der Waals surface area contributed by atoms with Crippen molar-refractivity contribution in [3.63, 3.8) is 0 Å². The first kappa shape index (κ1) is 13.0. The van der Waals surface area contributed by atoms with Gasteiger partial charge in [-0.1, -0.05) is 0 Å². The maximum Gasteiger partial charge on any atom is 0.313 e. The Bertz CT molecular complexity index is 521. The summed E-state index contributed by atoms with van der Waals surface area (Å²) in [5.41, 5.74) is 0.119. The molecule has 1 heterocycles. The third kappa shape index (κ3) is 2.70. The summed E-state index contributed by atoms with van der Waals surface area (Å²) in [7, 11) is 0. The van der Waals surface area contributed by atoms with E-state index in [1.807, 2.05) is 28.7 Å². The monoisotopic (exact) mass is 359 g/mol. The van der Waals surface area contributed by atoms with Crippen LogP contribution >= 0.6 is 22.6 Å². The molecule has 94 valence electrons. The van der Waals surface area contributed by atoms with Crippen LogP contribution in [0.4, 0.5) is 5.69 Å². The van der Waals surface area contributed by atoms with Crippen LogP contribution in [0, 0.1) is 25.0 Å². The number of ether oxygens (including phenoxy) is 1. The molecule has 1 aliphatic rings. The van der Waals surface area contributed by atoms with Crippen LogP contribution in [0.2, 0.25) is 0 Å². The number of benzene rings is 1. The van der Waals surface area contributed by atoms with Gasteiger partial charge in [0.2, 0.25) is 5.75 Å². The van der Waals surface area contributed by atoms with Crippen molar-refractivity contribution in [2.45, 2.75) is 12.5 Å². The van der Waals surface area contributed by atoms with Crippen LogP contribution in [-0.4, -0.2) is 24.1 Å². The van der Waals surface area contributed by atoms with Gasteiger partial charge in [-0.25, -0.2) is 0 Å². The summed E-state index contributed by atoms with van der Waals surface area (Å²) in [4.78, 5) is 10.5. The lowest BCUT2D eigenvalue weighted by Gasteiger charge is -2.14. The zero-order valence-electron chi connectivity index (χ0n) is 9.35. The zero-order chi connectivity index (χ0) is 13.1. The van der Waals surface area contributed by atoms with E-state index in [-0.39, 0.29) is 23.1 Å². The third-order valence-corrected chi connectivity index (χ3v) is 3.45. The lowest BCUT2D eigenvalue weighted by Crippen LogP contribution is -2.20. The highest BCUT2D eigenvalue weighted by atomic mass is 127. The maximum absolute atomic E-state index is 11.0. The van der Waals surface area contributed by atoms with E-state index in [1.165, 1.54) is 6.07 Å². The van der Waals surface area contributed by atoms with Crippen LogP contribution in [0.15, 0.2) is 12.1 Å². The first-order valence-electron chi connectivity index (χ1n) is 5.37. The Kier molecular flexibility index (Phi) is 3.98. The van der Waals surface area contributed by atoms with Crippen molar-refractivity contribution < 1.29 is 9.66 Å². The van der Waals surface area contributed by atoms with Gasteiger partial charge in [-0.05, 0) is 41.6 Å². The van der Waals surface area contributed by atoms with Crippen LogP contribution in [0.5, 0.6) is 5.75 Å². The Hall–Kier alpha value is -1.40. The molecule has 6 nitrogen and oxygen atoms in total. The number of nitro benzene ring substituents is 1. The molecule has 18 heavy (non-hydrogen) atoms. The first-order chi connectivity index (χ1) is 8.61. The van der Waals surface area contributed by atoms with Gasteiger partial charge in [0.25, 0.3) is 0 Å². The molecule has 1 aliphatic heterocycles. The summed E-state index contributed by atoms with van der Waals surface area (Å²) in [6.07, 6.45) is 0.776. The van der Waals surface area contributed by atoms with Crippen molar-refractivity contribution in [2.24, 2.45) is 0 Å². The van der Waals surface area contributed by atoms with E-state index in [9.17, 15) is 10.1 Å². The number of halogens is 1. The molecule has 1 aromatic rings. The molecule has 0 spiro atoms. The molecule has 0 aromatic heterocycles. The summed E-state index contributed by atoms with van der Waals surface area (Å²) in [6.45, 7) is 1.54. The molecule has 0 amide bonds. The second kappa shape index (κ2) is 5.49. The van der Waals surface area contributed by atoms with Gasteiger partial charge in [-0.15, -0.1) is 0 Å². The molecule has 1 aromatic carbocycles. The van der Waals surface area contributed by atoms with Crippen LogP contribution < -0.4 is 10.1 Å². The standard InChI is InChI=1S/C11H10IN3O3/c12-9-3-7(5-13)4-10(15(16)17)11(9)18-8-1-2-14-6-8/h3-4,8,14H,1-2,6H2/t8-/m1/s1. The highest BCUT2D eigenvalue weighted by Gasteiger charge is 2.25. The fraction of sp³-hybridized carbons (Fsp3) is 0.364. The fourth-order valence-corrected chi connectivity index (χ4v) is 2.53. The highest BCUT2D eigenvalue weighted by Crippen LogP contribution is 2.34. The Morgan fingerprint density at radius 1 is 1.61 bits per heavy atom. The molecule has 0 aliphatic carbocycles. The van der Waals surface area contributed by atoms with Crippen LogP contribution in [-0.2, 0) is 0 Å². The van der Waals surface area contributed by atoms with E-state index in [4.69, 9.17) is 10.00 Å². The van der Waals surface area contributed by atoms with E-state index >= 15 is 0 Å². The Labute approximate surface area is 117 Å². The highest BCUT2D eigenvalue weighted by molar-refractivity contribution is 14.1. The SMILES string of the molecule is N#Cc1cc(I)c(O[C@@H]2CCNC2)c([N+](=O)[O-])c1. The Morgan fingerprint density at radius 3 is 2.94 bits per heavy atom. The number of nitriles is 1. The van der Waals surface area contributed by atoms with E-state index in [1.54, 1.807) is 6.07 Å². The maximum atomic E-state index is 11.0. The Morgan fingerprint density at radius 2 is 2.39 bits per heavy atom. The van der Waals surface area contributed by atoms with Gasteiger partial charge in [0, 0.05) is 12.6 Å². The van der Waals surface area contributed by atoms with E-state index < -0.39 is 4.92 Å². The van der Waals surface area contributed by atoms with Gasteiger partial charge in [-0.2, -0.15) is 5.26 Å². The van der Waals surface area contributed by atoms with Crippen LogP contribution in [0.25, 0.3) is 0 Å². The summed E-state index contributed by atoms with van der Waals surface area (Å²) < 4.78 is 6.27. The van der Waals surface area contributed by atoms with Gasteiger partial charge in [0.15, 0.2) is 0 Å². The molecule has 0 bridgehead atoms. The van der Waals surface area contributed by atoms with Crippen LogP contribution in [0.3, 0.4) is 0 Å². The predicted octanol–water partition coefficient (Wildman–Crippen LogP) is 1.81. The number of hydrogen-bond acceptors (Lipinski definition) is 5. The molecule has 7 heteroatoms. The van der Waals surface area contributed by atoms with Gasteiger partial charge >= 0.3 is 5.69 Å². The molecule has 0 radical (unpaired) electrons. The average Bonchev–Trinajstić information content (AvgIpc) is 2.83. The molecule has 1 atom stereocenters. The van der Waals surface area contributed by atoms with Crippen molar-refractivity contribution in [1.29, 1.82) is 5.26 Å². The van der Waals surface area contributed by atoms with Crippen LogP contribution in [0.1, 0.15) is 12.0 Å². The van der Waals surface area contributed by atoms with Gasteiger partial charge in [0.05, 0.1) is 20.1 Å². The average molecular weight is 359 g/mol. The first-order valence-corrected chi connectivity index (χ1v) is 6.45. The summed E-state index contributed by atoms with van der Waals surface area (Å²) in [5.74, 6) is 0.258. The number of nitrogens with zero attached hydrogens (tertiary/aromatic N) is 2. The normalized spacial score (nSPS) is 18.3. The quantitative estimate of drug-likeness (QED) is 0.505. The van der Waals surface area contributed by atoms with Crippen molar-refractivity contribution in [3.8, 4) is 11.8 Å². The van der Waals surface area contributed by atoms with Crippen molar-refractivity contribution >= 4 is 28.3 Å². The minimum Gasteiger partial charge on any atom is -0.481 e. The minimum absolute atomic E-state index is 0.0508. The van der Waals surface area contributed by atoms with Gasteiger partial charge in [-0.3, -0.25) is 10.1 Å². The lowest BCUT2D eigenvalue weighted by molar-refractivity contribution is -0.386. The second-order valence-corrected chi connectivity index (χ2v) is 5.07. The summed E-state index contributed by atoms with van der Waals surface area (Å²) in [5, 5.41) is 23.0. The van der Waals surface area contributed by atoms with Gasteiger partial charge in [0.1, 0.15) is 6.10 Å². The topological polar surface area (TPSA) is 88.2 Å². The number of nitrogens with one attached hydrogen (secondary N) is 1. The van der Waals surface area contributed by atoms with E-state index in [0.29, 0.717) is 10.1 Å². The molecule has 1 fully saturated rings. The molecular weight excluding hydrogens is 349 g/mol. The predicted molar refractivity (Wildman–Crippen MR) is 72.4 cm³/mol. The molecule has 2 rings (SSSR count). The van der Waals surface area contributed by atoms with E-state index in [2.05, 4.69) is 5.32 Å². The molecule has 1 N–H and O–H groups in total. The van der Waals surface area contributed by atoms with Gasteiger partial charge < -0.3 is 10.1 Å². The third-order valence-electron chi connectivity index (χ3n) is 2.65. The molecular formula is C11H10IN3O3. The second-order valence-electron chi connectivity index (χ2n) is 3.91. The van der Waals surface area contributed by atoms with Crippen molar-refractivity contribution in [2.75, 3.05) is 13.1 Å². The lowest BCUT2D eigenvalue weighted by atomic mass is 10.2. The summed E-state index contributed by atoms with van der Waals surface area (Å²) >= 11 is 1.95. The largest absolute Gasteiger partial charge is 0.481 e. The molecule has 0 unspecified atom stereocenters. The fourth-order valence-electron chi connectivity index (χ4n) is 1.79. The summed E-state index contributed by atoms with van der Waals surface area (Å²) in [6, 6.07) is 4.75. The Balaban J connectivity index is 2.38. The number of hydrogen-bond donors (Lipinski definition) is 1. The number of rotatable bonds is 3. The van der Waals surface area contributed by atoms with Crippen molar-refractivity contribution in [3.05, 3.63) is 31.4 Å². The van der Waals surface area contributed by atoms with E-state index in [0.717, 1.165) is 13.0 Å².